The Balaban J connectivity index is 2.84. The Hall–Kier alpha value is -1.92. The van der Waals surface area contributed by atoms with Gasteiger partial charge in [0, 0.05) is 6.42 Å². The first-order chi connectivity index (χ1) is 10.0. The van der Waals surface area contributed by atoms with Crippen molar-refractivity contribution < 1.29 is 23.9 Å². The van der Waals surface area contributed by atoms with Crippen molar-refractivity contribution in [2.24, 2.45) is 11.8 Å². The number of rotatable bonds is 5. The lowest BCUT2D eigenvalue weighted by atomic mass is 9.88. The molecule has 1 saturated heterocycles. The number of ketones is 1. The first kappa shape index (κ1) is 18.1. The van der Waals surface area contributed by atoms with Gasteiger partial charge in [-0.3, -0.25) is 19.7 Å². The van der Waals surface area contributed by atoms with E-state index in [2.05, 4.69) is 10.6 Å². The highest BCUT2D eigenvalue weighted by atomic mass is 16.6. The number of Topliss-reactive ketones (excluding diaryl/α,β-unsaturated/α-hetero) is 1. The maximum Gasteiger partial charge on any atom is 0.408 e. The van der Waals surface area contributed by atoms with E-state index < -0.39 is 41.3 Å². The molecule has 0 aromatic heterocycles. The average Bonchev–Trinajstić information content (AvgIpc) is 2.71. The minimum absolute atomic E-state index is 0.166. The third-order valence-corrected chi connectivity index (χ3v) is 3.50. The van der Waals surface area contributed by atoms with Gasteiger partial charge in [-0.2, -0.15) is 0 Å². The van der Waals surface area contributed by atoms with Crippen molar-refractivity contribution in [2.45, 2.75) is 59.1 Å². The summed E-state index contributed by atoms with van der Waals surface area (Å²) in [6, 6.07) is -0.860. The molecule has 0 spiro atoms. The van der Waals surface area contributed by atoms with E-state index in [-0.39, 0.29) is 12.3 Å². The lowest BCUT2D eigenvalue weighted by Crippen LogP contribution is -2.50. The summed E-state index contributed by atoms with van der Waals surface area (Å²) in [4.78, 5) is 47.3. The van der Waals surface area contributed by atoms with Crippen LogP contribution in [-0.2, 0) is 19.1 Å². The van der Waals surface area contributed by atoms with Crippen molar-refractivity contribution in [3.05, 3.63) is 0 Å². The summed E-state index contributed by atoms with van der Waals surface area (Å²) in [5, 5.41) is 4.64. The van der Waals surface area contributed by atoms with Gasteiger partial charge in [-0.05, 0) is 26.7 Å². The van der Waals surface area contributed by atoms with Crippen LogP contribution in [0.3, 0.4) is 0 Å². The molecule has 1 aliphatic heterocycles. The number of hydrogen-bond donors (Lipinski definition) is 2. The minimum Gasteiger partial charge on any atom is -0.444 e. The van der Waals surface area contributed by atoms with E-state index in [4.69, 9.17) is 4.74 Å². The molecule has 0 aliphatic carbocycles. The molecule has 3 atom stereocenters. The fourth-order valence-corrected chi connectivity index (χ4v) is 2.16. The minimum atomic E-state index is -1.04. The Morgan fingerprint density at radius 1 is 1.36 bits per heavy atom. The summed E-state index contributed by atoms with van der Waals surface area (Å²) in [6.07, 6.45) is -0.245. The van der Waals surface area contributed by atoms with Crippen LogP contribution in [0.4, 0.5) is 4.79 Å². The summed E-state index contributed by atoms with van der Waals surface area (Å²) in [7, 11) is 0. The predicted molar refractivity (Wildman–Crippen MR) is 78.9 cm³/mol. The molecule has 1 unspecified atom stereocenters. The highest BCUT2D eigenvalue weighted by Crippen LogP contribution is 2.20. The zero-order chi connectivity index (χ0) is 17.1. The number of imide groups is 1. The molecule has 0 saturated carbocycles. The van der Waals surface area contributed by atoms with Crippen molar-refractivity contribution in [1.29, 1.82) is 0 Å². The van der Waals surface area contributed by atoms with Crippen molar-refractivity contribution in [3.63, 3.8) is 0 Å². The molecule has 0 bridgehead atoms. The van der Waals surface area contributed by atoms with E-state index in [0.29, 0.717) is 6.42 Å². The molecular formula is C15H24N2O5. The van der Waals surface area contributed by atoms with Crippen LogP contribution in [0.1, 0.15) is 47.5 Å². The van der Waals surface area contributed by atoms with E-state index >= 15 is 0 Å². The van der Waals surface area contributed by atoms with Crippen LogP contribution in [0.5, 0.6) is 0 Å². The van der Waals surface area contributed by atoms with Gasteiger partial charge >= 0.3 is 6.09 Å². The second kappa shape index (κ2) is 6.89. The Labute approximate surface area is 130 Å². The molecule has 1 rings (SSSR count). The highest BCUT2D eigenvalue weighted by Gasteiger charge is 2.41. The van der Waals surface area contributed by atoms with Crippen molar-refractivity contribution in [1.82, 2.24) is 10.6 Å². The molecule has 3 amide bonds. The first-order valence-electron chi connectivity index (χ1n) is 7.42. The van der Waals surface area contributed by atoms with Gasteiger partial charge in [0.15, 0.2) is 5.78 Å². The topological polar surface area (TPSA) is 102 Å². The van der Waals surface area contributed by atoms with Gasteiger partial charge in [-0.1, -0.05) is 20.3 Å². The number of carbonyl (C=O) groups excluding carboxylic acids is 4. The zero-order valence-corrected chi connectivity index (χ0v) is 13.7. The molecule has 124 valence electrons. The number of amides is 3. The number of ether oxygens (including phenoxy) is 1. The molecule has 2 N–H and O–H groups in total. The molecule has 7 heteroatoms. The Kier molecular flexibility index (Phi) is 5.68. The van der Waals surface area contributed by atoms with E-state index in [1.54, 1.807) is 27.7 Å². The fourth-order valence-electron chi connectivity index (χ4n) is 2.16. The van der Waals surface area contributed by atoms with Crippen LogP contribution < -0.4 is 10.6 Å². The van der Waals surface area contributed by atoms with Crippen LogP contribution in [-0.4, -0.2) is 35.3 Å². The van der Waals surface area contributed by atoms with E-state index in [1.807, 2.05) is 6.92 Å². The molecule has 1 fully saturated rings. The summed E-state index contributed by atoms with van der Waals surface area (Å²) < 4.78 is 5.15. The number of carbonyl (C=O) groups is 4. The van der Waals surface area contributed by atoms with Gasteiger partial charge in [-0.25, -0.2) is 4.79 Å². The van der Waals surface area contributed by atoms with Crippen molar-refractivity contribution in [2.75, 3.05) is 0 Å². The number of nitrogens with one attached hydrogen (secondary N) is 2. The molecule has 22 heavy (non-hydrogen) atoms. The highest BCUT2D eigenvalue weighted by molar-refractivity contribution is 6.15. The van der Waals surface area contributed by atoms with Gasteiger partial charge in [0.25, 0.3) is 0 Å². The lowest BCUT2D eigenvalue weighted by molar-refractivity contribution is -0.133. The monoisotopic (exact) mass is 312 g/mol. The van der Waals surface area contributed by atoms with E-state index in [0.717, 1.165) is 0 Å². The van der Waals surface area contributed by atoms with Crippen LogP contribution in [0.2, 0.25) is 0 Å². The molecule has 1 aliphatic rings. The van der Waals surface area contributed by atoms with Crippen LogP contribution in [0, 0.1) is 11.8 Å². The number of alkyl carbamates (subject to hydrolysis) is 1. The fraction of sp³-hybridized carbons (Fsp3) is 0.733. The second-order valence-electron chi connectivity index (χ2n) is 6.58. The summed E-state index contributed by atoms with van der Waals surface area (Å²) in [6.45, 7) is 8.83. The molecular weight excluding hydrogens is 288 g/mol. The normalized spacial score (nSPS) is 21.0. The van der Waals surface area contributed by atoms with Gasteiger partial charge in [0.1, 0.15) is 11.5 Å². The standard InChI is InChI=1S/C15H24N2O5/c1-6-8(2)11(17-14(21)22-15(3,4)5)12(19)9-7-10(18)16-13(9)20/h8-9,11H,6-7H2,1-5H3,(H,17,21)(H,16,18,20)/t8-,9?,11-/m0/s1. The quantitative estimate of drug-likeness (QED) is 0.586. The first-order valence-corrected chi connectivity index (χ1v) is 7.42. The molecule has 0 aromatic carbocycles. The third-order valence-electron chi connectivity index (χ3n) is 3.50. The van der Waals surface area contributed by atoms with E-state index in [9.17, 15) is 19.2 Å². The van der Waals surface area contributed by atoms with Gasteiger partial charge < -0.3 is 10.1 Å². The van der Waals surface area contributed by atoms with E-state index in [1.165, 1.54) is 0 Å². The third kappa shape index (κ3) is 4.82. The summed E-state index contributed by atoms with van der Waals surface area (Å²) in [5.74, 6) is -2.74. The van der Waals surface area contributed by atoms with Gasteiger partial charge in [0.05, 0.1) is 6.04 Å². The van der Waals surface area contributed by atoms with Crippen LogP contribution in [0.15, 0.2) is 0 Å². The maximum atomic E-state index is 12.5. The maximum absolute atomic E-state index is 12.5. The lowest BCUT2D eigenvalue weighted by Gasteiger charge is -2.27. The van der Waals surface area contributed by atoms with Crippen LogP contribution >= 0.6 is 0 Å². The molecule has 0 aromatic rings. The van der Waals surface area contributed by atoms with Crippen molar-refractivity contribution in [3.8, 4) is 0 Å². The Bertz CT molecular complexity index is 481. The molecule has 7 nitrogen and oxygen atoms in total. The summed E-state index contributed by atoms with van der Waals surface area (Å²) >= 11 is 0. The van der Waals surface area contributed by atoms with Gasteiger partial charge in [0.2, 0.25) is 11.8 Å². The Morgan fingerprint density at radius 2 is 1.95 bits per heavy atom. The smallest absolute Gasteiger partial charge is 0.408 e. The zero-order valence-electron chi connectivity index (χ0n) is 13.7. The summed E-state index contributed by atoms with van der Waals surface area (Å²) in [5.41, 5.74) is -0.687. The van der Waals surface area contributed by atoms with Crippen LogP contribution in [0.25, 0.3) is 0 Å². The number of hydrogen-bond acceptors (Lipinski definition) is 5. The predicted octanol–water partition coefficient (Wildman–Crippen LogP) is 1.16. The largest absolute Gasteiger partial charge is 0.444 e. The Morgan fingerprint density at radius 3 is 2.36 bits per heavy atom. The molecule has 1 heterocycles. The second-order valence-corrected chi connectivity index (χ2v) is 6.58. The SMILES string of the molecule is CC[C@H](C)[C@H](NC(=O)OC(C)(C)C)C(=O)C1CC(=O)NC1=O. The van der Waals surface area contributed by atoms with Gasteiger partial charge in [-0.15, -0.1) is 0 Å². The molecule has 0 radical (unpaired) electrons. The van der Waals surface area contributed by atoms with Crippen molar-refractivity contribution >= 4 is 23.7 Å². The average molecular weight is 312 g/mol.